The molecular weight excluding hydrogens is 258 g/mol. The first kappa shape index (κ1) is 12.5. The molecule has 0 unspecified atom stereocenters. The van der Waals surface area contributed by atoms with Gasteiger partial charge in [0.15, 0.2) is 0 Å². The zero-order chi connectivity index (χ0) is 13.2. The molecule has 0 atom stereocenters. The van der Waals surface area contributed by atoms with E-state index in [-0.39, 0.29) is 11.8 Å². The molecule has 0 bridgehead atoms. The predicted molar refractivity (Wildman–Crippen MR) is 79.7 cm³/mol. The van der Waals surface area contributed by atoms with E-state index in [0.717, 1.165) is 17.6 Å². The van der Waals surface area contributed by atoms with Crippen LogP contribution in [0.5, 0.6) is 0 Å². The van der Waals surface area contributed by atoms with Crippen LogP contribution in [0.25, 0.3) is 10.8 Å². The smallest absolute Gasteiger partial charge is 0.241 e. The van der Waals surface area contributed by atoms with Crippen LogP contribution >= 0.6 is 11.6 Å². The minimum absolute atomic E-state index is 0.0103. The molecule has 19 heavy (non-hydrogen) atoms. The maximum absolute atomic E-state index is 12.0. The van der Waals surface area contributed by atoms with Gasteiger partial charge in [0.05, 0.1) is 0 Å². The molecule has 0 aromatic heterocycles. The maximum atomic E-state index is 12.0. The summed E-state index contributed by atoms with van der Waals surface area (Å²) in [5.74, 6) is 0.682. The molecule has 0 N–H and O–H groups in total. The van der Waals surface area contributed by atoms with Crippen molar-refractivity contribution in [3.8, 4) is 0 Å². The number of carbonyl (C=O) groups excluding carboxylic acids is 1. The van der Waals surface area contributed by atoms with E-state index in [2.05, 4.69) is 24.3 Å². The number of amides is 1. The molecule has 2 aromatic rings. The normalized spacial score (nSPS) is 14.6. The van der Waals surface area contributed by atoms with E-state index in [0.29, 0.717) is 5.92 Å². The molecule has 0 aliphatic heterocycles. The third kappa shape index (κ3) is 2.74. The molecule has 1 aliphatic rings. The van der Waals surface area contributed by atoms with Gasteiger partial charge in [-0.1, -0.05) is 30.3 Å². The van der Waals surface area contributed by atoms with Gasteiger partial charge in [-0.2, -0.15) is 0 Å². The van der Waals surface area contributed by atoms with Crippen LogP contribution in [0, 0.1) is 5.92 Å². The van der Waals surface area contributed by atoms with Crippen LogP contribution in [0.3, 0.4) is 0 Å². The van der Waals surface area contributed by atoms with Gasteiger partial charge in [0.1, 0.15) is 5.88 Å². The molecule has 1 aliphatic carbocycles. The summed E-state index contributed by atoms with van der Waals surface area (Å²) in [6.45, 7) is 0.796. The quantitative estimate of drug-likeness (QED) is 0.776. The molecule has 0 heterocycles. The van der Waals surface area contributed by atoms with Gasteiger partial charge < -0.3 is 4.90 Å². The van der Waals surface area contributed by atoms with E-state index < -0.39 is 0 Å². The van der Waals surface area contributed by atoms with Crippen molar-refractivity contribution in [2.24, 2.45) is 5.92 Å². The molecule has 98 valence electrons. The van der Waals surface area contributed by atoms with Gasteiger partial charge in [-0.25, -0.2) is 0 Å². The number of nitrogens with zero attached hydrogens (tertiary/aromatic N) is 1. The lowest BCUT2D eigenvalue weighted by Crippen LogP contribution is -2.33. The molecular formula is C16H16ClNO. The van der Waals surface area contributed by atoms with Crippen LogP contribution in [0.4, 0.5) is 5.69 Å². The second-order valence-corrected chi connectivity index (χ2v) is 5.38. The Morgan fingerprint density at radius 1 is 1.16 bits per heavy atom. The van der Waals surface area contributed by atoms with E-state index in [4.69, 9.17) is 11.6 Å². The molecule has 1 saturated carbocycles. The summed E-state index contributed by atoms with van der Waals surface area (Å²) in [4.78, 5) is 13.8. The fourth-order valence-corrected chi connectivity index (χ4v) is 2.47. The van der Waals surface area contributed by atoms with Crippen molar-refractivity contribution in [3.63, 3.8) is 0 Å². The van der Waals surface area contributed by atoms with E-state index in [1.165, 1.54) is 18.2 Å². The van der Waals surface area contributed by atoms with Gasteiger partial charge >= 0.3 is 0 Å². The highest BCUT2D eigenvalue weighted by atomic mass is 35.5. The molecule has 0 radical (unpaired) electrons. The summed E-state index contributed by atoms with van der Waals surface area (Å²) in [6, 6.07) is 14.3. The lowest BCUT2D eigenvalue weighted by molar-refractivity contribution is -0.116. The van der Waals surface area contributed by atoms with Crippen molar-refractivity contribution in [2.45, 2.75) is 12.8 Å². The van der Waals surface area contributed by atoms with Gasteiger partial charge in [-0.3, -0.25) is 4.79 Å². The second-order valence-electron chi connectivity index (χ2n) is 5.11. The number of hydrogen-bond donors (Lipinski definition) is 0. The molecule has 1 amide bonds. The van der Waals surface area contributed by atoms with Crippen molar-refractivity contribution in [3.05, 3.63) is 42.5 Å². The number of alkyl halides is 1. The number of rotatable bonds is 4. The number of benzene rings is 2. The average Bonchev–Trinajstić information content (AvgIpc) is 3.27. The predicted octanol–water partition coefficient (Wildman–Crippen LogP) is 3.82. The molecule has 2 nitrogen and oxygen atoms in total. The van der Waals surface area contributed by atoms with E-state index in [1.54, 1.807) is 0 Å². The largest absolute Gasteiger partial charge is 0.311 e. The van der Waals surface area contributed by atoms with E-state index >= 15 is 0 Å². The van der Waals surface area contributed by atoms with Crippen molar-refractivity contribution in [1.29, 1.82) is 0 Å². The summed E-state index contributed by atoms with van der Waals surface area (Å²) in [5.41, 5.74) is 0.955. The second kappa shape index (κ2) is 5.22. The minimum atomic E-state index is -0.0103. The Morgan fingerprint density at radius 3 is 2.58 bits per heavy atom. The number of anilines is 1. The van der Waals surface area contributed by atoms with E-state index in [1.807, 2.05) is 23.1 Å². The Balaban J connectivity index is 1.95. The number of fused-ring (bicyclic) bond motifs is 1. The standard InChI is InChI=1S/C16H16ClNO/c17-10-16(19)18(11-12-5-6-12)15-8-7-13-3-1-2-4-14(13)9-15/h1-4,7-9,12H,5-6,10-11H2. The Hall–Kier alpha value is -1.54. The van der Waals surface area contributed by atoms with Crippen LogP contribution in [0.1, 0.15) is 12.8 Å². The van der Waals surface area contributed by atoms with Crippen molar-refractivity contribution < 1.29 is 4.79 Å². The molecule has 2 aromatic carbocycles. The molecule has 3 heteroatoms. The number of hydrogen-bond acceptors (Lipinski definition) is 1. The highest BCUT2D eigenvalue weighted by molar-refractivity contribution is 6.29. The lowest BCUT2D eigenvalue weighted by atomic mass is 10.1. The monoisotopic (exact) mass is 273 g/mol. The van der Waals surface area contributed by atoms with Crippen LogP contribution in [0.2, 0.25) is 0 Å². The first-order chi connectivity index (χ1) is 9.28. The fourth-order valence-electron chi connectivity index (χ4n) is 2.33. The zero-order valence-electron chi connectivity index (χ0n) is 10.7. The molecule has 3 rings (SSSR count). The Labute approximate surface area is 118 Å². The third-order valence-corrected chi connectivity index (χ3v) is 3.83. The lowest BCUT2D eigenvalue weighted by Gasteiger charge is -2.22. The molecule has 0 saturated heterocycles. The van der Waals surface area contributed by atoms with Gasteiger partial charge in [0.25, 0.3) is 0 Å². The highest BCUT2D eigenvalue weighted by Crippen LogP contribution is 2.32. The van der Waals surface area contributed by atoms with Crippen LogP contribution in [-0.2, 0) is 4.79 Å². The summed E-state index contributed by atoms with van der Waals surface area (Å²) in [5, 5.41) is 2.35. The highest BCUT2D eigenvalue weighted by Gasteiger charge is 2.27. The van der Waals surface area contributed by atoms with E-state index in [9.17, 15) is 4.79 Å². The van der Waals surface area contributed by atoms with Gasteiger partial charge in [0, 0.05) is 12.2 Å². The SMILES string of the molecule is O=C(CCl)N(CC1CC1)c1ccc2ccccc2c1. The Bertz CT molecular complexity index is 606. The maximum Gasteiger partial charge on any atom is 0.241 e. The first-order valence-electron chi connectivity index (χ1n) is 6.63. The average molecular weight is 274 g/mol. The minimum Gasteiger partial charge on any atom is -0.311 e. The third-order valence-electron chi connectivity index (χ3n) is 3.60. The van der Waals surface area contributed by atoms with Crippen molar-refractivity contribution >= 4 is 34.0 Å². The number of halogens is 1. The van der Waals surface area contributed by atoms with Gasteiger partial charge in [-0.15, -0.1) is 11.6 Å². The summed E-state index contributed by atoms with van der Waals surface area (Å²) in [6.07, 6.45) is 2.44. The van der Waals surface area contributed by atoms with Gasteiger partial charge in [-0.05, 0) is 41.7 Å². The fraction of sp³-hybridized carbons (Fsp3) is 0.312. The zero-order valence-corrected chi connectivity index (χ0v) is 11.4. The van der Waals surface area contributed by atoms with Crippen LogP contribution in [-0.4, -0.2) is 18.3 Å². The van der Waals surface area contributed by atoms with Crippen LogP contribution in [0.15, 0.2) is 42.5 Å². The topological polar surface area (TPSA) is 20.3 Å². The Kier molecular flexibility index (Phi) is 3.43. The summed E-state index contributed by atoms with van der Waals surface area (Å²) >= 11 is 5.73. The Morgan fingerprint density at radius 2 is 1.89 bits per heavy atom. The first-order valence-corrected chi connectivity index (χ1v) is 7.16. The van der Waals surface area contributed by atoms with Crippen molar-refractivity contribution in [1.82, 2.24) is 0 Å². The van der Waals surface area contributed by atoms with Gasteiger partial charge in [0.2, 0.25) is 5.91 Å². The summed E-state index contributed by atoms with van der Waals surface area (Å²) in [7, 11) is 0. The molecule has 1 fully saturated rings. The molecule has 0 spiro atoms. The van der Waals surface area contributed by atoms with Crippen molar-refractivity contribution in [2.75, 3.05) is 17.3 Å². The summed E-state index contributed by atoms with van der Waals surface area (Å²) < 4.78 is 0. The van der Waals surface area contributed by atoms with Crippen LogP contribution < -0.4 is 4.90 Å². The number of carbonyl (C=O) groups is 1.